The summed E-state index contributed by atoms with van der Waals surface area (Å²) in [4.78, 5) is 0. The second kappa shape index (κ2) is 2.90. The molecule has 0 fully saturated rings. The van der Waals surface area contributed by atoms with E-state index in [1.54, 1.807) is 18.3 Å². The SMILES string of the molecule is Oc1cccc(-c2cn[nH]c2)c1F. The molecule has 1 heterocycles. The van der Waals surface area contributed by atoms with E-state index in [9.17, 15) is 4.39 Å². The first-order valence-electron chi connectivity index (χ1n) is 3.75. The summed E-state index contributed by atoms with van der Waals surface area (Å²) in [5.74, 6) is -0.970. The van der Waals surface area contributed by atoms with E-state index in [1.807, 2.05) is 0 Å². The van der Waals surface area contributed by atoms with Gasteiger partial charge in [0.25, 0.3) is 0 Å². The van der Waals surface area contributed by atoms with Crippen LogP contribution in [-0.2, 0) is 0 Å². The average molecular weight is 178 g/mol. The van der Waals surface area contributed by atoms with Gasteiger partial charge in [-0.05, 0) is 6.07 Å². The number of hydrogen-bond donors (Lipinski definition) is 2. The second-order valence-corrected chi connectivity index (χ2v) is 2.63. The summed E-state index contributed by atoms with van der Waals surface area (Å²) in [5, 5.41) is 15.4. The zero-order valence-corrected chi connectivity index (χ0v) is 6.66. The fourth-order valence-corrected chi connectivity index (χ4v) is 1.14. The van der Waals surface area contributed by atoms with Gasteiger partial charge in [0.05, 0.1) is 6.20 Å². The number of hydrogen-bond acceptors (Lipinski definition) is 2. The van der Waals surface area contributed by atoms with Gasteiger partial charge >= 0.3 is 0 Å². The Bertz CT molecular complexity index is 412. The Balaban J connectivity index is 2.59. The number of phenolic OH excluding ortho intramolecular Hbond substituents is 1. The maximum absolute atomic E-state index is 13.3. The minimum atomic E-state index is -0.621. The first-order valence-corrected chi connectivity index (χ1v) is 3.75. The van der Waals surface area contributed by atoms with Crippen LogP contribution in [-0.4, -0.2) is 15.3 Å². The smallest absolute Gasteiger partial charge is 0.172 e. The normalized spacial score (nSPS) is 10.2. The Morgan fingerprint density at radius 2 is 2.23 bits per heavy atom. The average Bonchev–Trinajstić information content (AvgIpc) is 2.62. The van der Waals surface area contributed by atoms with Crippen molar-refractivity contribution in [2.24, 2.45) is 0 Å². The number of phenols is 1. The zero-order valence-electron chi connectivity index (χ0n) is 6.66. The molecule has 0 saturated carbocycles. The van der Waals surface area contributed by atoms with Gasteiger partial charge in [-0.15, -0.1) is 0 Å². The molecule has 2 aromatic rings. The van der Waals surface area contributed by atoms with E-state index in [0.717, 1.165) is 0 Å². The van der Waals surface area contributed by atoms with Crippen molar-refractivity contribution < 1.29 is 9.50 Å². The molecule has 2 N–H and O–H groups in total. The predicted octanol–water partition coefficient (Wildman–Crippen LogP) is 1.92. The molecule has 0 radical (unpaired) electrons. The number of rotatable bonds is 1. The molecule has 1 aromatic carbocycles. The van der Waals surface area contributed by atoms with Gasteiger partial charge in [0.2, 0.25) is 0 Å². The van der Waals surface area contributed by atoms with E-state index in [4.69, 9.17) is 5.11 Å². The molecule has 0 aliphatic rings. The molecular formula is C9H7FN2O. The number of aromatic amines is 1. The van der Waals surface area contributed by atoms with Crippen LogP contribution in [0.1, 0.15) is 0 Å². The third-order valence-corrected chi connectivity index (χ3v) is 1.79. The van der Waals surface area contributed by atoms with Gasteiger partial charge in [-0.3, -0.25) is 5.10 Å². The minimum Gasteiger partial charge on any atom is -0.505 e. The summed E-state index contributed by atoms with van der Waals surface area (Å²) in [6.45, 7) is 0. The molecule has 4 heteroatoms. The van der Waals surface area contributed by atoms with Crippen LogP contribution in [0.15, 0.2) is 30.6 Å². The number of benzene rings is 1. The highest BCUT2D eigenvalue weighted by Gasteiger charge is 2.08. The van der Waals surface area contributed by atoms with Gasteiger partial charge in [-0.1, -0.05) is 12.1 Å². The lowest BCUT2D eigenvalue weighted by molar-refractivity contribution is 0.433. The lowest BCUT2D eigenvalue weighted by atomic mass is 10.1. The molecular weight excluding hydrogens is 171 g/mol. The molecule has 66 valence electrons. The summed E-state index contributed by atoms with van der Waals surface area (Å²) in [5.41, 5.74) is 0.960. The lowest BCUT2D eigenvalue weighted by Gasteiger charge is -2.00. The fourth-order valence-electron chi connectivity index (χ4n) is 1.14. The highest BCUT2D eigenvalue weighted by atomic mass is 19.1. The van der Waals surface area contributed by atoms with Crippen LogP contribution in [0.4, 0.5) is 4.39 Å². The maximum atomic E-state index is 13.3. The highest BCUT2D eigenvalue weighted by molar-refractivity contribution is 5.64. The van der Waals surface area contributed by atoms with Gasteiger partial charge in [-0.25, -0.2) is 4.39 Å². The van der Waals surface area contributed by atoms with Crippen molar-refractivity contribution in [3.05, 3.63) is 36.4 Å². The minimum absolute atomic E-state index is 0.341. The molecule has 1 aromatic heterocycles. The van der Waals surface area contributed by atoms with Crippen molar-refractivity contribution >= 4 is 0 Å². The van der Waals surface area contributed by atoms with E-state index in [-0.39, 0.29) is 5.75 Å². The van der Waals surface area contributed by atoms with E-state index < -0.39 is 5.82 Å². The molecule has 2 rings (SSSR count). The largest absolute Gasteiger partial charge is 0.505 e. The number of aromatic nitrogens is 2. The Hall–Kier alpha value is -1.84. The van der Waals surface area contributed by atoms with Crippen LogP contribution < -0.4 is 0 Å². The quantitative estimate of drug-likeness (QED) is 0.700. The van der Waals surface area contributed by atoms with E-state index >= 15 is 0 Å². The predicted molar refractivity (Wildman–Crippen MR) is 45.6 cm³/mol. The van der Waals surface area contributed by atoms with Crippen molar-refractivity contribution in [2.45, 2.75) is 0 Å². The van der Waals surface area contributed by atoms with Crippen molar-refractivity contribution in [3.63, 3.8) is 0 Å². The number of aromatic hydroxyl groups is 1. The van der Waals surface area contributed by atoms with Crippen molar-refractivity contribution in [1.29, 1.82) is 0 Å². The van der Waals surface area contributed by atoms with Crippen molar-refractivity contribution in [1.82, 2.24) is 10.2 Å². The van der Waals surface area contributed by atoms with Crippen molar-refractivity contribution in [2.75, 3.05) is 0 Å². The zero-order chi connectivity index (χ0) is 9.26. The van der Waals surface area contributed by atoms with Crippen LogP contribution in [0, 0.1) is 5.82 Å². The summed E-state index contributed by atoms with van der Waals surface area (Å²) in [6, 6.07) is 4.47. The molecule has 13 heavy (non-hydrogen) atoms. The molecule has 0 aliphatic carbocycles. The molecule has 0 unspecified atom stereocenters. The standard InChI is InChI=1S/C9H7FN2O/c10-9-7(2-1-3-8(9)13)6-4-11-12-5-6/h1-5,13H,(H,11,12). The van der Waals surface area contributed by atoms with Gasteiger partial charge in [0.1, 0.15) is 0 Å². The molecule has 0 aliphatic heterocycles. The van der Waals surface area contributed by atoms with E-state index in [2.05, 4.69) is 10.2 Å². The van der Waals surface area contributed by atoms with Gasteiger partial charge < -0.3 is 5.11 Å². The summed E-state index contributed by atoms with van der Waals surface area (Å²) < 4.78 is 13.3. The molecule has 0 bridgehead atoms. The van der Waals surface area contributed by atoms with E-state index in [0.29, 0.717) is 11.1 Å². The third kappa shape index (κ3) is 1.26. The number of nitrogens with zero attached hydrogens (tertiary/aromatic N) is 1. The Morgan fingerprint density at radius 1 is 1.38 bits per heavy atom. The van der Waals surface area contributed by atoms with Crippen molar-refractivity contribution in [3.8, 4) is 16.9 Å². The number of halogens is 1. The van der Waals surface area contributed by atoms with Crippen LogP contribution in [0.5, 0.6) is 5.75 Å². The van der Waals surface area contributed by atoms with Crippen LogP contribution in [0.3, 0.4) is 0 Å². The Kier molecular flexibility index (Phi) is 1.73. The first-order chi connectivity index (χ1) is 6.29. The summed E-state index contributed by atoms with van der Waals surface area (Å²) >= 11 is 0. The van der Waals surface area contributed by atoms with Gasteiger partial charge in [0, 0.05) is 17.3 Å². The van der Waals surface area contributed by atoms with Crippen LogP contribution in [0.25, 0.3) is 11.1 Å². The van der Waals surface area contributed by atoms with E-state index in [1.165, 1.54) is 12.3 Å². The summed E-state index contributed by atoms with van der Waals surface area (Å²) in [7, 11) is 0. The van der Waals surface area contributed by atoms with Gasteiger partial charge in [-0.2, -0.15) is 5.10 Å². The molecule has 3 nitrogen and oxygen atoms in total. The Labute approximate surface area is 73.8 Å². The molecule has 0 atom stereocenters. The topological polar surface area (TPSA) is 48.9 Å². The molecule has 0 saturated heterocycles. The maximum Gasteiger partial charge on any atom is 0.172 e. The second-order valence-electron chi connectivity index (χ2n) is 2.63. The first kappa shape index (κ1) is 7.79. The van der Waals surface area contributed by atoms with Crippen LogP contribution >= 0.6 is 0 Å². The third-order valence-electron chi connectivity index (χ3n) is 1.79. The summed E-state index contributed by atoms with van der Waals surface area (Å²) in [6.07, 6.45) is 3.07. The van der Waals surface area contributed by atoms with Gasteiger partial charge in [0.15, 0.2) is 11.6 Å². The van der Waals surface area contributed by atoms with Crippen LogP contribution in [0.2, 0.25) is 0 Å². The fraction of sp³-hybridized carbons (Fsp3) is 0. The molecule has 0 spiro atoms. The number of nitrogens with one attached hydrogen (secondary N) is 1. The lowest BCUT2D eigenvalue weighted by Crippen LogP contribution is -1.82. The highest BCUT2D eigenvalue weighted by Crippen LogP contribution is 2.26. The number of H-pyrrole nitrogens is 1. The monoisotopic (exact) mass is 178 g/mol. The Morgan fingerprint density at radius 3 is 2.92 bits per heavy atom. The molecule has 0 amide bonds.